The minimum absolute atomic E-state index is 0.0481. The summed E-state index contributed by atoms with van der Waals surface area (Å²) in [6.45, 7) is 5.03. The zero-order chi connectivity index (χ0) is 19.2. The molecule has 2 aromatic carbocycles. The van der Waals surface area contributed by atoms with Crippen molar-refractivity contribution in [1.82, 2.24) is 10.2 Å². The molecule has 1 aliphatic rings. The number of hydrogen-bond acceptors (Lipinski definition) is 4. The lowest BCUT2D eigenvalue weighted by Crippen LogP contribution is -2.52. The average Bonchev–Trinajstić information content (AvgIpc) is 2.73. The number of para-hydroxylation sites is 1. The van der Waals surface area contributed by atoms with Crippen LogP contribution in [0.5, 0.6) is 11.5 Å². The van der Waals surface area contributed by atoms with Gasteiger partial charge in [0.05, 0.1) is 20.3 Å². The van der Waals surface area contributed by atoms with Crippen molar-refractivity contribution in [3.8, 4) is 11.5 Å². The van der Waals surface area contributed by atoms with Crippen LogP contribution < -0.4 is 19.7 Å². The van der Waals surface area contributed by atoms with Crippen molar-refractivity contribution in [3.63, 3.8) is 0 Å². The number of nitrogens with zero attached hydrogens (tertiary/aromatic N) is 2. The standard InChI is InChI=1S/C21H27N3O3/c1-16(19-10-9-18(26-2)15-20(19)27-3)22-21(25)24-13-11-23(12-14-24)17-7-5-4-6-8-17/h4-10,15-16H,11-14H2,1-3H3,(H,22,25). The van der Waals surface area contributed by atoms with Crippen LogP contribution >= 0.6 is 0 Å². The first-order valence-corrected chi connectivity index (χ1v) is 9.19. The molecule has 0 radical (unpaired) electrons. The van der Waals surface area contributed by atoms with Crippen LogP contribution in [0.2, 0.25) is 0 Å². The largest absolute Gasteiger partial charge is 0.497 e. The Morgan fingerprint density at radius 3 is 2.33 bits per heavy atom. The molecule has 27 heavy (non-hydrogen) atoms. The van der Waals surface area contributed by atoms with E-state index in [1.807, 2.05) is 48.2 Å². The molecule has 2 amide bonds. The molecular formula is C21H27N3O3. The highest BCUT2D eigenvalue weighted by Gasteiger charge is 2.23. The smallest absolute Gasteiger partial charge is 0.317 e. The van der Waals surface area contributed by atoms with Gasteiger partial charge in [-0.25, -0.2) is 4.79 Å². The van der Waals surface area contributed by atoms with E-state index in [-0.39, 0.29) is 12.1 Å². The second kappa shape index (κ2) is 8.66. The minimum atomic E-state index is -0.162. The van der Waals surface area contributed by atoms with Crippen LogP contribution in [-0.4, -0.2) is 51.3 Å². The van der Waals surface area contributed by atoms with Gasteiger partial charge < -0.3 is 24.6 Å². The van der Waals surface area contributed by atoms with Gasteiger partial charge in [-0.3, -0.25) is 0 Å². The summed E-state index contributed by atoms with van der Waals surface area (Å²) in [7, 11) is 3.24. The molecule has 1 fully saturated rings. The van der Waals surface area contributed by atoms with E-state index >= 15 is 0 Å². The number of carbonyl (C=O) groups excluding carboxylic acids is 1. The Morgan fingerprint density at radius 2 is 1.70 bits per heavy atom. The third-order valence-electron chi connectivity index (χ3n) is 4.94. The van der Waals surface area contributed by atoms with Gasteiger partial charge in [0.1, 0.15) is 11.5 Å². The number of methoxy groups -OCH3 is 2. The van der Waals surface area contributed by atoms with Gasteiger partial charge in [0.25, 0.3) is 0 Å². The topological polar surface area (TPSA) is 54.0 Å². The van der Waals surface area contributed by atoms with Crippen molar-refractivity contribution < 1.29 is 14.3 Å². The summed E-state index contributed by atoms with van der Waals surface area (Å²) in [6, 6.07) is 15.7. The Kier molecular flexibility index (Phi) is 6.06. The van der Waals surface area contributed by atoms with Crippen LogP contribution in [0.25, 0.3) is 0 Å². The van der Waals surface area contributed by atoms with Crippen molar-refractivity contribution in [1.29, 1.82) is 0 Å². The van der Waals surface area contributed by atoms with E-state index in [0.717, 1.165) is 24.4 Å². The van der Waals surface area contributed by atoms with Crippen molar-refractivity contribution in [2.24, 2.45) is 0 Å². The van der Waals surface area contributed by atoms with Gasteiger partial charge in [-0.2, -0.15) is 0 Å². The molecule has 1 unspecified atom stereocenters. The fraction of sp³-hybridized carbons (Fsp3) is 0.381. The molecule has 0 bridgehead atoms. The van der Waals surface area contributed by atoms with Crippen LogP contribution in [0.15, 0.2) is 48.5 Å². The van der Waals surface area contributed by atoms with E-state index in [2.05, 4.69) is 22.3 Å². The first-order valence-electron chi connectivity index (χ1n) is 9.19. The number of rotatable bonds is 5. The molecule has 1 atom stereocenters. The molecule has 3 rings (SSSR count). The number of ether oxygens (including phenoxy) is 2. The van der Waals surface area contributed by atoms with Crippen molar-refractivity contribution in [3.05, 3.63) is 54.1 Å². The minimum Gasteiger partial charge on any atom is -0.497 e. The molecule has 2 aromatic rings. The number of piperazine rings is 1. The maximum absolute atomic E-state index is 12.7. The summed E-state index contributed by atoms with van der Waals surface area (Å²) < 4.78 is 10.7. The van der Waals surface area contributed by atoms with Gasteiger partial charge >= 0.3 is 6.03 Å². The van der Waals surface area contributed by atoms with Gasteiger partial charge in [0.2, 0.25) is 0 Å². The fourth-order valence-electron chi connectivity index (χ4n) is 3.34. The summed E-state index contributed by atoms with van der Waals surface area (Å²) in [6.07, 6.45) is 0. The molecule has 1 aliphatic heterocycles. The number of hydrogen-bond donors (Lipinski definition) is 1. The predicted octanol–water partition coefficient (Wildman–Crippen LogP) is 3.30. The first-order chi connectivity index (χ1) is 13.1. The summed E-state index contributed by atoms with van der Waals surface area (Å²) in [5.74, 6) is 1.43. The third kappa shape index (κ3) is 4.45. The molecule has 1 N–H and O–H groups in total. The monoisotopic (exact) mass is 369 g/mol. The van der Waals surface area contributed by atoms with E-state index < -0.39 is 0 Å². The zero-order valence-corrected chi connectivity index (χ0v) is 16.1. The lowest BCUT2D eigenvalue weighted by Gasteiger charge is -2.36. The summed E-state index contributed by atoms with van der Waals surface area (Å²) in [5.41, 5.74) is 2.13. The second-order valence-corrected chi connectivity index (χ2v) is 6.59. The Labute approximate surface area is 160 Å². The molecule has 144 valence electrons. The van der Waals surface area contributed by atoms with Crippen LogP contribution in [0.1, 0.15) is 18.5 Å². The molecule has 0 aromatic heterocycles. The number of nitrogens with one attached hydrogen (secondary N) is 1. The molecule has 0 aliphatic carbocycles. The van der Waals surface area contributed by atoms with Crippen LogP contribution in [0, 0.1) is 0 Å². The van der Waals surface area contributed by atoms with Crippen molar-refractivity contribution >= 4 is 11.7 Å². The highest BCUT2D eigenvalue weighted by molar-refractivity contribution is 5.75. The van der Waals surface area contributed by atoms with E-state index in [1.54, 1.807) is 14.2 Å². The van der Waals surface area contributed by atoms with E-state index in [0.29, 0.717) is 18.8 Å². The maximum atomic E-state index is 12.7. The maximum Gasteiger partial charge on any atom is 0.317 e. The number of benzene rings is 2. The Balaban J connectivity index is 1.58. The molecule has 1 saturated heterocycles. The number of amides is 2. The highest BCUT2D eigenvalue weighted by Crippen LogP contribution is 2.29. The third-order valence-corrected chi connectivity index (χ3v) is 4.94. The Morgan fingerprint density at radius 1 is 1.00 bits per heavy atom. The lowest BCUT2D eigenvalue weighted by molar-refractivity contribution is 0.191. The van der Waals surface area contributed by atoms with Crippen molar-refractivity contribution in [2.45, 2.75) is 13.0 Å². The predicted molar refractivity (Wildman–Crippen MR) is 107 cm³/mol. The highest BCUT2D eigenvalue weighted by atomic mass is 16.5. The van der Waals surface area contributed by atoms with E-state index in [1.165, 1.54) is 5.69 Å². The quantitative estimate of drug-likeness (QED) is 0.879. The molecule has 0 spiro atoms. The summed E-state index contributed by atoms with van der Waals surface area (Å²) in [4.78, 5) is 16.9. The Bertz CT molecular complexity index is 759. The molecule has 6 nitrogen and oxygen atoms in total. The van der Waals surface area contributed by atoms with Crippen LogP contribution in [-0.2, 0) is 0 Å². The average molecular weight is 369 g/mol. The van der Waals surface area contributed by atoms with Gasteiger partial charge in [-0.15, -0.1) is 0 Å². The first kappa shape index (κ1) is 18.9. The molecular weight excluding hydrogens is 342 g/mol. The lowest BCUT2D eigenvalue weighted by atomic mass is 10.1. The Hall–Kier alpha value is -2.89. The van der Waals surface area contributed by atoms with E-state index in [4.69, 9.17) is 9.47 Å². The SMILES string of the molecule is COc1ccc(C(C)NC(=O)N2CCN(c3ccccc3)CC2)c(OC)c1. The number of carbonyl (C=O) groups is 1. The van der Waals surface area contributed by atoms with Crippen LogP contribution in [0.4, 0.5) is 10.5 Å². The van der Waals surface area contributed by atoms with E-state index in [9.17, 15) is 4.79 Å². The van der Waals surface area contributed by atoms with Gasteiger partial charge in [0.15, 0.2) is 0 Å². The van der Waals surface area contributed by atoms with Crippen LogP contribution in [0.3, 0.4) is 0 Å². The second-order valence-electron chi connectivity index (χ2n) is 6.59. The fourth-order valence-corrected chi connectivity index (χ4v) is 3.34. The summed E-state index contributed by atoms with van der Waals surface area (Å²) in [5, 5.41) is 3.08. The molecule has 0 saturated carbocycles. The number of urea groups is 1. The molecule has 6 heteroatoms. The zero-order valence-electron chi connectivity index (χ0n) is 16.1. The normalized spacial score (nSPS) is 15.2. The van der Waals surface area contributed by atoms with Gasteiger partial charge in [-0.1, -0.05) is 18.2 Å². The van der Waals surface area contributed by atoms with Gasteiger partial charge in [0, 0.05) is 43.5 Å². The molecule has 1 heterocycles. The number of anilines is 1. The van der Waals surface area contributed by atoms with Crippen molar-refractivity contribution in [2.75, 3.05) is 45.3 Å². The summed E-state index contributed by atoms with van der Waals surface area (Å²) >= 11 is 0. The van der Waals surface area contributed by atoms with Gasteiger partial charge in [-0.05, 0) is 31.2 Å².